The van der Waals surface area contributed by atoms with Crippen LogP contribution >= 0.6 is 15.9 Å². The van der Waals surface area contributed by atoms with Crippen LogP contribution in [0.5, 0.6) is 0 Å². The van der Waals surface area contributed by atoms with E-state index in [4.69, 9.17) is 0 Å². The lowest BCUT2D eigenvalue weighted by Gasteiger charge is -2.25. The second kappa shape index (κ2) is 5.56. The molecule has 0 radical (unpaired) electrons. The molecule has 22 heavy (non-hydrogen) atoms. The molecule has 5 heteroatoms. The maximum absolute atomic E-state index is 13.0. The van der Waals surface area contributed by atoms with E-state index < -0.39 is 10.0 Å². The molecule has 1 unspecified atom stereocenters. The van der Waals surface area contributed by atoms with Gasteiger partial charge in [0.15, 0.2) is 0 Å². The number of nitrogens with zero attached hydrogens (tertiary/aromatic N) is 1. The molecular formula is C17H16BrNO2S. The zero-order chi connectivity index (χ0) is 15.9. The third-order valence-corrected chi connectivity index (χ3v) is 6.21. The van der Waals surface area contributed by atoms with Crippen LogP contribution in [0.2, 0.25) is 0 Å². The molecule has 1 aliphatic rings. The summed E-state index contributed by atoms with van der Waals surface area (Å²) in [6, 6.07) is 12.4. The maximum Gasteiger partial charge on any atom is 0.264 e. The lowest BCUT2D eigenvalue weighted by molar-refractivity contribution is 0.588. The van der Waals surface area contributed by atoms with Crippen molar-refractivity contribution in [1.82, 2.24) is 0 Å². The monoisotopic (exact) mass is 377 g/mol. The minimum atomic E-state index is -3.60. The van der Waals surface area contributed by atoms with Crippen molar-refractivity contribution < 1.29 is 8.42 Å². The summed E-state index contributed by atoms with van der Waals surface area (Å²) in [6.45, 7) is 5.74. The number of anilines is 1. The Hall–Kier alpha value is -1.59. The Labute approximate surface area is 139 Å². The van der Waals surface area contributed by atoms with E-state index >= 15 is 0 Å². The Balaban J connectivity index is 2.13. The number of hydrogen-bond donors (Lipinski definition) is 0. The molecule has 0 saturated heterocycles. The van der Waals surface area contributed by atoms with Crippen molar-refractivity contribution in [2.45, 2.75) is 24.3 Å². The van der Waals surface area contributed by atoms with E-state index in [1.165, 1.54) is 4.31 Å². The molecule has 1 atom stereocenters. The highest BCUT2D eigenvalue weighted by molar-refractivity contribution is 9.10. The SMILES string of the molecule is C=CC1Cc2cc(Br)ccc2N1S(=O)(=O)c1ccc(C)cc1. The standard InChI is InChI=1S/C17H16BrNO2S/c1-3-15-11-13-10-14(18)6-9-17(13)19(15)22(20,21)16-7-4-12(2)5-8-16/h3-10,15H,1,11H2,2H3. The van der Waals surface area contributed by atoms with Gasteiger partial charge in [0.25, 0.3) is 10.0 Å². The third-order valence-electron chi connectivity index (χ3n) is 3.86. The first-order valence-electron chi connectivity index (χ1n) is 6.95. The van der Waals surface area contributed by atoms with Gasteiger partial charge in [-0.1, -0.05) is 39.7 Å². The van der Waals surface area contributed by atoms with Crippen molar-refractivity contribution >= 4 is 31.6 Å². The van der Waals surface area contributed by atoms with Gasteiger partial charge >= 0.3 is 0 Å². The van der Waals surface area contributed by atoms with Gasteiger partial charge in [0, 0.05) is 4.47 Å². The number of halogens is 1. The Bertz CT molecular complexity index is 828. The number of sulfonamides is 1. The smallest absolute Gasteiger partial charge is 0.259 e. The molecule has 0 aliphatic carbocycles. The Morgan fingerprint density at radius 2 is 1.91 bits per heavy atom. The molecule has 1 aliphatic heterocycles. The highest BCUT2D eigenvalue weighted by Crippen LogP contribution is 2.38. The number of fused-ring (bicyclic) bond motifs is 1. The Morgan fingerprint density at radius 3 is 2.55 bits per heavy atom. The third kappa shape index (κ3) is 2.48. The maximum atomic E-state index is 13.0. The van der Waals surface area contributed by atoms with Crippen LogP contribution in [0.3, 0.4) is 0 Å². The van der Waals surface area contributed by atoms with Gasteiger partial charge in [-0.05, 0) is 49.2 Å². The lowest BCUT2D eigenvalue weighted by Crippen LogP contribution is -2.36. The molecule has 0 aromatic heterocycles. The van der Waals surface area contributed by atoms with Crippen LogP contribution < -0.4 is 4.31 Å². The summed E-state index contributed by atoms with van der Waals surface area (Å²) in [5.41, 5.74) is 2.77. The van der Waals surface area contributed by atoms with Crippen LogP contribution in [0.15, 0.2) is 64.5 Å². The normalized spacial score (nSPS) is 17.4. The van der Waals surface area contributed by atoms with Crippen molar-refractivity contribution in [2.75, 3.05) is 4.31 Å². The van der Waals surface area contributed by atoms with Crippen LogP contribution in [0.1, 0.15) is 11.1 Å². The Kier molecular flexibility index (Phi) is 3.87. The summed E-state index contributed by atoms with van der Waals surface area (Å²) in [4.78, 5) is 0.306. The molecule has 3 nitrogen and oxygen atoms in total. The van der Waals surface area contributed by atoms with Crippen molar-refractivity contribution in [2.24, 2.45) is 0 Å². The molecule has 1 heterocycles. The topological polar surface area (TPSA) is 37.4 Å². The summed E-state index contributed by atoms with van der Waals surface area (Å²) < 4.78 is 28.5. The van der Waals surface area contributed by atoms with Gasteiger partial charge in [-0.15, -0.1) is 6.58 Å². The molecule has 0 amide bonds. The predicted octanol–water partition coefficient (Wildman–Crippen LogP) is 4.06. The number of rotatable bonds is 3. The van der Waals surface area contributed by atoms with Crippen LogP contribution in [0.4, 0.5) is 5.69 Å². The summed E-state index contributed by atoms with van der Waals surface area (Å²) >= 11 is 3.44. The fourth-order valence-electron chi connectivity index (χ4n) is 2.73. The fraction of sp³-hybridized carbons (Fsp3) is 0.176. The first-order chi connectivity index (χ1) is 10.4. The quantitative estimate of drug-likeness (QED) is 0.756. The largest absolute Gasteiger partial charge is 0.264 e. The van der Waals surface area contributed by atoms with Gasteiger partial charge in [0.05, 0.1) is 16.6 Å². The molecule has 3 rings (SSSR count). The molecule has 2 aromatic rings. The minimum Gasteiger partial charge on any atom is -0.259 e. The first-order valence-corrected chi connectivity index (χ1v) is 9.19. The summed E-state index contributed by atoms with van der Waals surface area (Å²) in [7, 11) is -3.60. The van der Waals surface area contributed by atoms with Gasteiger partial charge in [-0.25, -0.2) is 8.42 Å². The summed E-state index contributed by atoms with van der Waals surface area (Å²) in [6.07, 6.45) is 2.34. The zero-order valence-electron chi connectivity index (χ0n) is 12.2. The molecule has 2 aromatic carbocycles. The lowest BCUT2D eigenvalue weighted by atomic mass is 10.1. The van der Waals surface area contributed by atoms with Crippen molar-refractivity contribution in [3.63, 3.8) is 0 Å². The van der Waals surface area contributed by atoms with E-state index in [0.29, 0.717) is 11.3 Å². The van der Waals surface area contributed by atoms with E-state index in [2.05, 4.69) is 22.5 Å². The van der Waals surface area contributed by atoms with Crippen LogP contribution in [0.25, 0.3) is 0 Å². The molecule has 0 N–H and O–H groups in total. The average molecular weight is 378 g/mol. The van der Waals surface area contributed by atoms with E-state index in [1.807, 2.05) is 37.3 Å². The number of hydrogen-bond acceptors (Lipinski definition) is 2. The molecule has 0 fully saturated rings. The number of aryl methyl sites for hydroxylation is 1. The molecule has 0 saturated carbocycles. The van der Waals surface area contributed by atoms with Gasteiger partial charge in [0.2, 0.25) is 0 Å². The van der Waals surface area contributed by atoms with Crippen LogP contribution in [-0.2, 0) is 16.4 Å². The van der Waals surface area contributed by atoms with Gasteiger partial charge in [-0.2, -0.15) is 0 Å². The van der Waals surface area contributed by atoms with Gasteiger partial charge in [-0.3, -0.25) is 4.31 Å². The first kappa shape index (κ1) is 15.3. The van der Waals surface area contributed by atoms with E-state index in [0.717, 1.165) is 21.3 Å². The number of benzene rings is 2. The van der Waals surface area contributed by atoms with E-state index in [9.17, 15) is 8.42 Å². The van der Waals surface area contributed by atoms with Gasteiger partial charge < -0.3 is 0 Å². The summed E-state index contributed by atoms with van der Waals surface area (Å²) in [5, 5.41) is 0. The van der Waals surface area contributed by atoms with Crippen molar-refractivity contribution in [1.29, 1.82) is 0 Å². The Morgan fingerprint density at radius 1 is 1.23 bits per heavy atom. The van der Waals surface area contributed by atoms with Crippen LogP contribution in [-0.4, -0.2) is 14.5 Å². The highest BCUT2D eigenvalue weighted by atomic mass is 79.9. The minimum absolute atomic E-state index is 0.254. The second-order valence-electron chi connectivity index (χ2n) is 5.39. The zero-order valence-corrected chi connectivity index (χ0v) is 14.6. The van der Waals surface area contributed by atoms with E-state index in [-0.39, 0.29) is 6.04 Å². The summed E-state index contributed by atoms with van der Waals surface area (Å²) in [5.74, 6) is 0. The molecule has 0 spiro atoms. The predicted molar refractivity (Wildman–Crippen MR) is 92.7 cm³/mol. The second-order valence-corrected chi connectivity index (χ2v) is 8.12. The van der Waals surface area contributed by atoms with E-state index in [1.54, 1.807) is 18.2 Å². The fourth-order valence-corrected chi connectivity index (χ4v) is 4.80. The highest BCUT2D eigenvalue weighted by Gasteiger charge is 2.36. The van der Waals surface area contributed by atoms with Crippen molar-refractivity contribution in [3.05, 3.63) is 70.7 Å². The van der Waals surface area contributed by atoms with Gasteiger partial charge in [0.1, 0.15) is 0 Å². The average Bonchev–Trinajstić information content (AvgIpc) is 2.85. The molecular weight excluding hydrogens is 362 g/mol. The van der Waals surface area contributed by atoms with Crippen LogP contribution in [0, 0.1) is 6.92 Å². The molecule has 114 valence electrons. The van der Waals surface area contributed by atoms with Crippen molar-refractivity contribution in [3.8, 4) is 0 Å². The molecule has 0 bridgehead atoms.